The van der Waals surface area contributed by atoms with Crippen LogP contribution in [0.2, 0.25) is 0 Å². The smallest absolute Gasteiger partial charge is 0.268 e. The molecule has 9 nitrogen and oxygen atoms in total. The lowest BCUT2D eigenvalue weighted by molar-refractivity contribution is -2.00. The van der Waals surface area contributed by atoms with Crippen LogP contribution in [0.1, 0.15) is 11.3 Å². The Labute approximate surface area is 147 Å². The number of hydrogen-bond acceptors (Lipinski definition) is 6. The third-order valence-electron chi connectivity index (χ3n) is 3.40. The Hall–Kier alpha value is -2.63. The quantitative estimate of drug-likeness (QED) is 0.413. The zero-order valence-corrected chi connectivity index (χ0v) is 14.3. The van der Waals surface area contributed by atoms with Gasteiger partial charge in [-0.1, -0.05) is 0 Å². The average molecular weight is 386 g/mol. The van der Waals surface area contributed by atoms with Gasteiger partial charge in [-0.3, -0.25) is 9.78 Å². The van der Waals surface area contributed by atoms with Crippen molar-refractivity contribution in [2.45, 2.75) is 13.8 Å². The van der Waals surface area contributed by atoms with Gasteiger partial charge < -0.3 is 0 Å². The number of aryl methyl sites for hydroxylation is 2. The van der Waals surface area contributed by atoms with Crippen LogP contribution in [-0.2, 0) is 0 Å². The molecule has 26 heavy (non-hydrogen) atoms. The summed E-state index contributed by atoms with van der Waals surface area (Å²) in [6, 6.07) is 7.70. The Morgan fingerprint density at radius 2 is 1.54 bits per heavy atom. The molecule has 0 aliphatic rings. The highest BCUT2D eigenvalue weighted by Gasteiger charge is 2.19. The molecule has 0 spiro atoms. The second-order valence-electron chi connectivity index (χ2n) is 5.29. The van der Waals surface area contributed by atoms with Gasteiger partial charge in [-0.2, -0.15) is 9.55 Å². The van der Waals surface area contributed by atoms with E-state index in [2.05, 4.69) is 9.97 Å². The fraction of sp³-hybridized carbons (Fsp3) is 0.133. The molecule has 2 aromatic heterocycles. The van der Waals surface area contributed by atoms with Crippen molar-refractivity contribution < 1.29 is 37.8 Å². The van der Waals surface area contributed by atoms with Crippen molar-refractivity contribution in [2.24, 2.45) is 0 Å². The fourth-order valence-corrected chi connectivity index (χ4v) is 2.56. The van der Waals surface area contributed by atoms with Gasteiger partial charge in [0.15, 0.2) is 0 Å². The Kier molecular flexibility index (Phi) is 5.54. The average Bonchev–Trinajstić information content (AvgIpc) is 2.46. The van der Waals surface area contributed by atoms with Gasteiger partial charge >= 0.3 is 11.3 Å². The van der Waals surface area contributed by atoms with Crippen molar-refractivity contribution in [2.75, 3.05) is 0 Å². The lowest BCUT2D eigenvalue weighted by Gasteiger charge is -2.17. The van der Waals surface area contributed by atoms with Crippen molar-refractivity contribution in [1.29, 1.82) is 0 Å². The van der Waals surface area contributed by atoms with Gasteiger partial charge in [0.1, 0.15) is 22.6 Å². The summed E-state index contributed by atoms with van der Waals surface area (Å²) in [6.45, 7) is 3.66. The van der Waals surface area contributed by atoms with Gasteiger partial charge in [-0.15, -0.1) is 10.2 Å². The minimum Gasteiger partial charge on any atom is -0.268 e. The molecule has 0 saturated heterocycles. The predicted molar refractivity (Wildman–Crippen MR) is 76.2 cm³/mol. The summed E-state index contributed by atoms with van der Waals surface area (Å²) in [4.78, 5) is 28.5. The highest BCUT2D eigenvalue weighted by atomic mass is 35.7. The third kappa shape index (κ3) is 4.71. The summed E-state index contributed by atoms with van der Waals surface area (Å²) in [5.41, 5.74) is 1.63. The zero-order chi connectivity index (χ0) is 19.6. The normalized spacial score (nSPS) is 11.2. The summed E-state index contributed by atoms with van der Waals surface area (Å²) in [5, 5.41) is 0.407. The van der Waals surface area contributed by atoms with E-state index in [-0.39, 0.29) is 5.82 Å². The molecule has 0 saturated carbocycles. The number of rotatable bonds is 1. The van der Waals surface area contributed by atoms with E-state index in [0.717, 1.165) is 11.3 Å². The van der Waals surface area contributed by atoms with E-state index in [1.54, 1.807) is 23.6 Å². The second-order valence-corrected chi connectivity index (χ2v) is 6.05. The zero-order valence-electron chi connectivity index (χ0n) is 13.5. The molecule has 11 heteroatoms. The number of hydrogen-bond donors (Lipinski definition) is 2. The van der Waals surface area contributed by atoms with Crippen LogP contribution in [0.4, 0.5) is 4.39 Å². The van der Waals surface area contributed by atoms with E-state index >= 15 is 0 Å². The van der Waals surface area contributed by atoms with Gasteiger partial charge in [-0.05, 0) is 49.7 Å². The van der Waals surface area contributed by atoms with E-state index < -0.39 is 21.5 Å². The van der Waals surface area contributed by atoms with E-state index in [0.29, 0.717) is 16.7 Å². The number of aromatic amines is 2. The maximum atomic E-state index is 13.1. The molecule has 1 aromatic carbocycles. The molecule has 2 N–H and O–H groups in total. The molecule has 0 aliphatic heterocycles. The largest absolute Gasteiger partial charge is 0.413 e. The number of halogens is 2. The van der Waals surface area contributed by atoms with E-state index in [1.165, 1.54) is 12.1 Å². The van der Waals surface area contributed by atoms with Crippen LogP contribution in [-0.4, -0.2) is 9.97 Å². The summed E-state index contributed by atoms with van der Waals surface area (Å²) < 4.78 is 48.8. The van der Waals surface area contributed by atoms with E-state index in [4.69, 9.17) is 18.6 Å². The molecule has 3 aromatic rings. The summed E-state index contributed by atoms with van der Waals surface area (Å²) >= 11 is 0. The predicted octanol–water partition coefficient (Wildman–Crippen LogP) is -3.51. The first-order valence-corrected chi connectivity index (χ1v) is 8.27. The number of H-pyrrole nitrogens is 2. The van der Waals surface area contributed by atoms with Crippen molar-refractivity contribution >= 4 is 11.0 Å². The van der Waals surface area contributed by atoms with Gasteiger partial charge in [0.25, 0.3) is 5.56 Å². The van der Waals surface area contributed by atoms with Crippen LogP contribution in [0.5, 0.6) is 0 Å². The molecule has 0 atom stereocenters. The lowest BCUT2D eigenvalue weighted by Crippen LogP contribution is -2.68. The molecule has 0 bridgehead atoms. The minimum atomic E-state index is -4.94. The van der Waals surface area contributed by atoms with E-state index in [9.17, 15) is 14.0 Å². The number of benzene rings is 1. The number of fused-ring (bicyclic) bond motifs is 1. The Balaban J connectivity index is 0.000000431. The van der Waals surface area contributed by atoms with Crippen LogP contribution in [0, 0.1) is 29.9 Å². The van der Waals surface area contributed by atoms with Crippen molar-refractivity contribution in [3.8, 4) is 5.69 Å². The molecular formula is C15H13ClFN3O6. The number of nitrogens with one attached hydrogen (secondary N) is 2. The first-order chi connectivity index (χ1) is 12.0. The topological polar surface area (TPSA) is 162 Å². The van der Waals surface area contributed by atoms with Gasteiger partial charge in [0.2, 0.25) is 0 Å². The molecule has 138 valence electrons. The van der Waals surface area contributed by atoms with Crippen molar-refractivity contribution in [3.05, 3.63) is 68.2 Å². The van der Waals surface area contributed by atoms with Gasteiger partial charge in [0, 0.05) is 0 Å². The second kappa shape index (κ2) is 7.32. The van der Waals surface area contributed by atoms with Gasteiger partial charge in [0.05, 0.1) is 0 Å². The summed E-state index contributed by atoms with van der Waals surface area (Å²) in [7, 11) is -4.94. The van der Waals surface area contributed by atoms with Gasteiger partial charge in [-0.25, -0.2) is 27.8 Å². The summed E-state index contributed by atoms with van der Waals surface area (Å²) in [5.74, 6) is -0.347. The lowest BCUT2D eigenvalue weighted by atomic mass is 10.1. The van der Waals surface area contributed by atoms with Crippen LogP contribution in [0.3, 0.4) is 0 Å². The molecular weight excluding hydrogens is 373 g/mol. The fourth-order valence-electron chi connectivity index (χ4n) is 2.56. The first kappa shape index (κ1) is 19.7. The third-order valence-corrected chi connectivity index (χ3v) is 3.40. The van der Waals surface area contributed by atoms with Crippen LogP contribution in [0.25, 0.3) is 16.7 Å². The van der Waals surface area contributed by atoms with Crippen LogP contribution >= 0.6 is 0 Å². The Morgan fingerprint density at radius 3 is 2.08 bits per heavy atom. The molecule has 3 rings (SSSR count). The van der Waals surface area contributed by atoms with Crippen molar-refractivity contribution in [1.82, 2.24) is 9.97 Å². The van der Waals surface area contributed by atoms with Crippen LogP contribution < -0.4 is 34.5 Å². The number of aromatic nitrogens is 3. The standard InChI is InChI=1S/C15H12FN3O2.ClHO4/c1-8-7-9(2)19(11-5-3-10(16)4-6-11)13-12(8)14(20)18-15(21)17-13;2-1(3,4)5/h3-7H,1-2H3,(H,18,20,21);(H,2,3,4,5). The number of pyridine rings is 1. The maximum Gasteiger partial charge on any atom is 0.413 e. The molecule has 0 radical (unpaired) electrons. The highest BCUT2D eigenvalue weighted by Crippen LogP contribution is 2.12. The Bertz CT molecular complexity index is 1050. The SMILES string of the molecule is Cc1cc(C)[n+](-c2ccc(F)cc2)c2[nH]c(=O)[nH]c(=O)c12.[O-][Cl+3]([O-])([O-])[O-]. The minimum absolute atomic E-state index is 0.347. The van der Waals surface area contributed by atoms with E-state index in [1.807, 2.05) is 13.0 Å². The molecule has 2 heterocycles. The highest BCUT2D eigenvalue weighted by molar-refractivity contribution is 5.74. The first-order valence-electron chi connectivity index (χ1n) is 7.03. The summed E-state index contributed by atoms with van der Waals surface area (Å²) in [6.07, 6.45) is 0. The molecule has 0 fully saturated rings. The number of nitrogens with zero attached hydrogens (tertiary/aromatic N) is 1. The molecule has 0 amide bonds. The van der Waals surface area contributed by atoms with Crippen LogP contribution in [0.15, 0.2) is 39.9 Å². The maximum absolute atomic E-state index is 13.1. The monoisotopic (exact) mass is 385 g/mol. The Morgan fingerprint density at radius 1 is 1.00 bits per heavy atom. The molecule has 0 aliphatic carbocycles. The van der Waals surface area contributed by atoms with Crippen molar-refractivity contribution in [3.63, 3.8) is 0 Å². The molecule has 0 unspecified atom stereocenters.